The molecular formula is C19H23I. The highest BCUT2D eigenvalue weighted by molar-refractivity contribution is 14.1. The summed E-state index contributed by atoms with van der Waals surface area (Å²) in [6, 6.07) is 17.8. The zero-order valence-electron chi connectivity index (χ0n) is 12.2. The van der Waals surface area contributed by atoms with Gasteiger partial charge in [0.1, 0.15) is 0 Å². The number of aryl methyl sites for hydroxylation is 1. The number of hydrogen-bond donors (Lipinski definition) is 0. The Morgan fingerprint density at radius 1 is 0.700 bits per heavy atom. The number of unbranched alkanes of at least 4 members (excludes halogenated alkanes) is 4. The number of rotatable bonds is 7. The summed E-state index contributed by atoms with van der Waals surface area (Å²) in [7, 11) is 0. The van der Waals surface area contributed by atoms with Crippen LogP contribution >= 0.6 is 22.6 Å². The molecule has 0 radical (unpaired) electrons. The molecule has 0 aliphatic rings. The summed E-state index contributed by atoms with van der Waals surface area (Å²) in [5, 5.41) is 0. The van der Waals surface area contributed by atoms with E-state index in [1.807, 2.05) is 0 Å². The van der Waals surface area contributed by atoms with Gasteiger partial charge in [-0.05, 0) is 64.3 Å². The molecule has 0 heterocycles. The van der Waals surface area contributed by atoms with Gasteiger partial charge in [0, 0.05) is 3.57 Å². The second kappa shape index (κ2) is 8.46. The van der Waals surface area contributed by atoms with Crippen molar-refractivity contribution in [1.29, 1.82) is 0 Å². The van der Waals surface area contributed by atoms with Crippen LogP contribution in [0.15, 0.2) is 48.5 Å². The second-order valence-electron chi connectivity index (χ2n) is 5.37. The molecule has 2 aromatic rings. The Bertz CT molecular complexity index is 496. The molecule has 0 aromatic heterocycles. The predicted octanol–water partition coefficient (Wildman–Crippen LogP) is 6.47. The van der Waals surface area contributed by atoms with E-state index in [0.29, 0.717) is 0 Å². The van der Waals surface area contributed by atoms with Gasteiger partial charge in [-0.2, -0.15) is 0 Å². The summed E-state index contributed by atoms with van der Waals surface area (Å²) in [6.45, 7) is 2.27. The molecule has 2 rings (SSSR count). The van der Waals surface area contributed by atoms with E-state index in [4.69, 9.17) is 0 Å². The molecule has 0 N–H and O–H groups in total. The Kier molecular flexibility index (Phi) is 6.58. The molecule has 0 saturated heterocycles. The molecule has 0 spiro atoms. The number of hydrogen-bond acceptors (Lipinski definition) is 0. The Hall–Kier alpha value is -0.830. The fraction of sp³-hybridized carbons (Fsp3) is 0.368. The van der Waals surface area contributed by atoms with Gasteiger partial charge in [-0.15, -0.1) is 0 Å². The van der Waals surface area contributed by atoms with Crippen LogP contribution in [0.1, 0.15) is 44.6 Å². The zero-order chi connectivity index (χ0) is 14.2. The van der Waals surface area contributed by atoms with E-state index < -0.39 is 0 Å². The summed E-state index contributed by atoms with van der Waals surface area (Å²) in [5.74, 6) is 0. The van der Waals surface area contributed by atoms with Crippen molar-refractivity contribution < 1.29 is 0 Å². The van der Waals surface area contributed by atoms with Crippen molar-refractivity contribution in [3.8, 4) is 11.1 Å². The largest absolute Gasteiger partial charge is 0.0654 e. The van der Waals surface area contributed by atoms with Crippen LogP contribution in [0.4, 0.5) is 0 Å². The summed E-state index contributed by atoms with van der Waals surface area (Å²) in [5.41, 5.74) is 4.09. The van der Waals surface area contributed by atoms with Crippen LogP contribution in [0.3, 0.4) is 0 Å². The highest BCUT2D eigenvalue weighted by atomic mass is 127. The smallest absolute Gasteiger partial charge is 0.0130 e. The van der Waals surface area contributed by atoms with Crippen LogP contribution in [-0.4, -0.2) is 0 Å². The molecule has 0 amide bonds. The molecular weight excluding hydrogens is 355 g/mol. The minimum absolute atomic E-state index is 1.22. The van der Waals surface area contributed by atoms with Gasteiger partial charge in [0.25, 0.3) is 0 Å². The topological polar surface area (TPSA) is 0 Å². The van der Waals surface area contributed by atoms with Gasteiger partial charge in [-0.25, -0.2) is 0 Å². The monoisotopic (exact) mass is 378 g/mol. The average molecular weight is 378 g/mol. The maximum atomic E-state index is 2.35. The lowest BCUT2D eigenvalue weighted by atomic mass is 10.0. The molecule has 0 bridgehead atoms. The fourth-order valence-electron chi connectivity index (χ4n) is 2.44. The number of benzene rings is 2. The van der Waals surface area contributed by atoms with Gasteiger partial charge in [0.2, 0.25) is 0 Å². The molecule has 0 atom stereocenters. The lowest BCUT2D eigenvalue weighted by Crippen LogP contribution is -1.87. The molecule has 0 fully saturated rings. The fourth-order valence-corrected chi connectivity index (χ4v) is 2.80. The maximum absolute atomic E-state index is 2.35. The molecule has 106 valence electrons. The molecule has 20 heavy (non-hydrogen) atoms. The van der Waals surface area contributed by atoms with Gasteiger partial charge >= 0.3 is 0 Å². The molecule has 0 saturated carbocycles. The van der Waals surface area contributed by atoms with E-state index in [9.17, 15) is 0 Å². The molecule has 0 aliphatic heterocycles. The van der Waals surface area contributed by atoms with Crippen LogP contribution in [0.25, 0.3) is 11.1 Å². The zero-order valence-corrected chi connectivity index (χ0v) is 14.4. The van der Waals surface area contributed by atoms with Crippen LogP contribution in [0.2, 0.25) is 0 Å². The highest BCUT2D eigenvalue weighted by Crippen LogP contribution is 2.21. The Morgan fingerprint density at radius 3 is 1.85 bits per heavy atom. The summed E-state index contributed by atoms with van der Waals surface area (Å²) in [4.78, 5) is 0. The highest BCUT2D eigenvalue weighted by Gasteiger charge is 1.99. The first-order chi connectivity index (χ1) is 9.79. The molecule has 0 aliphatic carbocycles. The molecule has 1 heteroatoms. The first-order valence-corrected chi connectivity index (χ1v) is 8.72. The van der Waals surface area contributed by atoms with E-state index in [0.717, 1.165) is 0 Å². The lowest BCUT2D eigenvalue weighted by molar-refractivity contribution is 0.632. The van der Waals surface area contributed by atoms with Crippen molar-refractivity contribution in [2.45, 2.75) is 45.4 Å². The predicted molar refractivity (Wildman–Crippen MR) is 97.1 cm³/mol. The van der Waals surface area contributed by atoms with Gasteiger partial charge < -0.3 is 0 Å². The van der Waals surface area contributed by atoms with Crippen molar-refractivity contribution >= 4 is 22.6 Å². The maximum Gasteiger partial charge on any atom is 0.0130 e. The van der Waals surface area contributed by atoms with Crippen LogP contribution in [-0.2, 0) is 6.42 Å². The van der Waals surface area contributed by atoms with Crippen molar-refractivity contribution in [2.75, 3.05) is 0 Å². The quantitative estimate of drug-likeness (QED) is 0.383. The Morgan fingerprint density at radius 2 is 1.25 bits per heavy atom. The minimum atomic E-state index is 1.22. The van der Waals surface area contributed by atoms with Gasteiger partial charge in [0.15, 0.2) is 0 Å². The van der Waals surface area contributed by atoms with Gasteiger partial charge in [-0.3, -0.25) is 0 Å². The van der Waals surface area contributed by atoms with E-state index in [1.54, 1.807) is 0 Å². The first kappa shape index (κ1) is 15.6. The Balaban J connectivity index is 1.88. The minimum Gasteiger partial charge on any atom is -0.0654 e. The van der Waals surface area contributed by atoms with E-state index in [-0.39, 0.29) is 0 Å². The van der Waals surface area contributed by atoms with Crippen molar-refractivity contribution in [3.05, 3.63) is 57.7 Å². The third kappa shape index (κ3) is 4.93. The first-order valence-electron chi connectivity index (χ1n) is 7.64. The van der Waals surface area contributed by atoms with Gasteiger partial charge in [0.05, 0.1) is 0 Å². The Labute approximate surface area is 136 Å². The van der Waals surface area contributed by atoms with Crippen molar-refractivity contribution in [2.24, 2.45) is 0 Å². The van der Waals surface area contributed by atoms with Crippen LogP contribution in [0.5, 0.6) is 0 Å². The standard InChI is InChI=1S/C19H23I/c1-2-3-4-5-6-7-16-8-10-17(11-9-16)18-12-14-19(20)15-13-18/h8-15H,2-7H2,1H3. The van der Waals surface area contributed by atoms with Crippen LogP contribution < -0.4 is 0 Å². The summed E-state index contributed by atoms with van der Waals surface area (Å²) < 4.78 is 1.29. The lowest BCUT2D eigenvalue weighted by Gasteiger charge is -2.05. The third-order valence-electron chi connectivity index (χ3n) is 3.70. The third-order valence-corrected chi connectivity index (χ3v) is 4.42. The SMILES string of the molecule is CCCCCCCc1ccc(-c2ccc(I)cc2)cc1. The molecule has 2 aromatic carbocycles. The average Bonchev–Trinajstić information content (AvgIpc) is 2.49. The van der Waals surface area contributed by atoms with Gasteiger partial charge in [-0.1, -0.05) is 69.0 Å². The van der Waals surface area contributed by atoms with E-state index in [2.05, 4.69) is 78.0 Å². The van der Waals surface area contributed by atoms with E-state index in [1.165, 1.54) is 58.8 Å². The van der Waals surface area contributed by atoms with Crippen molar-refractivity contribution in [1.82, 2.24) is 0 Å². The van der Waals surface area contributed by atoms with Crippen LogP contribution in [0, 0.1) is 3.57 Å². The molecule has 0 unspecified atom stereocenters. The second-order valence-corrected chi connectivity index (χ2v) is 6.61. The number of halogens is 1. The normalized spacial score (nSPS) is 10.7. The summed E-state index contributed by atoms with van der Waals surface area (Å²) in [6.07, 6.45) is 8.00. The molecule has 0 nitrogen and oxygen atoms in total. The van der Waals surface area contributed by atoms with Crippen molar-refractivity contribution in [3.63, 3.8) is 0 Å². The summed E-state index contributed by atoms with van der Waals surface area (Å²) >= 11 is 2.35. The van der Waals surface area contributed by atoms with E-state index >= 15 is 0 Å².